The molecule has 11 heteroatoms. The quantitative estimate of drug-likeness (QED) is 0.362. The van der Waals surface area contributed by atoms with Gasteiger partial charge in [-0.25, -0.2) is 4.79 Å². The van der Waals surface area contributed by atoms with E-state index in [1.165, 1.54) is 0 Å². The lowest BCUT2D eigenvalue weighted by Crippen LogP contribution is -2.48. The largest absolute Gasteiger partial charge is 0.465 e. The van der Waals surface area contributed by atoms with Crippen LogP contribution in [0.3, 0.4) is 0 Å². The number of nitrogens with zero attached hydrogens (tertiary/aromatic N) is 1. The fraction of sp³-hybridized carbons (Fsp3) is 0.548. The number of urea groups is 1. The van der Waals surface area contributed by atoms with Gasteiger partial charge in [-0.15, -0.1) is 0 Å². The number of carbonyl (C=O) groups excluding carboxylic acids is 2. The summed E-state index contributed by atoms with van der Waals surface area (Å²) in [6.07, 6.45) is 1.65. The number of esters is 1. The fourth-order valence-corrected chi connectivity index (χ4v) is 5.58. The van der Waals surface area contributed by atoms with Gasteiger partial charge in [0.1, 0.15) is 6.54 Å². The molecular weight excluding hydrogens is 542 g/mol. The van der Waals surface area contributed by atoms with E-state index in [1.807, 2.05) is 48.5 Å². The van der Waals surface area contributed by atoms with Crippen LogP contribution in [0.15, 0.2) is 48.5 Å². The van der Waals surface area contributed by atoms with E-state index in [4.69, 9.17) is 23.7 Å². The maximum absolute atomic E-state index is 12.0. The van der Waals surface area contributed by atoms with Crippen molar-refractivity contribution < 1.29 is 38.4 Å². The van der Waals surface area contributed by atoms with Crippen LogP contribution in [0.5, 0.6) is 0 Å². The Balaban J connectivity index is 1.20. The molecule has 0 bridgehead atoms. The first kappa shape index (κ1) is 30.4. The van der Waals surface area contributed by atoms with Gasteiger partial charge in [-0.1, -0.05) is 48.5 Å². The molecule has 3 saturated heterocycles. The molecule has 228 valence electrons. The standard InChI is InChI=1S/C31H41N3O8/c1-2-38-28(36)19-33-30(37)32-18-22-3-9-25(10-4-22)29-41-26(17-27(42-29)24-7-5-23(21-35)6-8-24)20-34-13-11-31(12-14-34)39-15-16-40-31/h3-10,26-27,29,35H,2,11-21H2,1H3,(H2,32,33,37). The third kappa shape index (κ3) is 8.06. The van der Waals surface area contributed by atoms with Crippen LogP contribution in [0, 0.1) is 0 Å². The summed E-state index contributed by atoms with van der Waals surface area (Å²) in [6.45, 7) is 5.98. The van der Waals surface area contributed by atoms with Crippen molar-refractivity contribution in [3.63, 3.8) is 0 Å². The molecule has 3 aliphatic rings. The summed E-state index contributed by atoms with van der Waals surface area (Å²) in [6, 6.07) is 15.2. The second-order valence-corrected chi connectivity index (χ2v) is 10.8. The highest BCUT2D eigenvalue weighted by atomic mass is 16.7. The summed E-state index contributed by atoms with van der Waals surface area (Å²) in [5, 5.41) is 14.7. The highest BCUT2D eigenvalue weighted by molar-refractivity contribution is 5.80. The third-order valence-corrected chi connectivity index (χ3v) is 7.91. The minimum atomic E-state index is -0.557. The summed E-state index contributed by atoms with van der Waals surface area (Å²) < 4.78 is 29.6. The molecule has 2 aromatic rings. The summed E-state index contributed by atoms with van der Waals surface area (Å²) >= 11 is 0. The molecule has 1 spiro atoms. The Morgan fingerprint density at radius 1 is 0.952 bits per heavy atom. The van der Waals surface area contributed by atoms with Crippen molar-refractivity contribution in [2.24, 2.45) is 0 Å². The van der Waals surface area contributed by atoms with Crippen LogP contribution in [-0.2, 0) is 41.6 Å². The van der Waals surface area contributed by atoms with Gasteiger partial charge in [0.15, 0.2) is 12.1 Å². The molecule has 11 nitrogen and oxygen atoms in total. The van der Waals surface area contributed by atoms with Crippen LogP contribution in [0.1, 0.15) is 60.8 Å². The number of piperidine rings is 1. The zero-order valence-electron chi connectivity index (χ0n) is 24.1. The highest BCUT2D eigenvalue weighted by Gasteiger charge is 2.41. The molecule has 3 unspecified atom stereocenters. The average molecular weight is 584 g/mol. The molecule has 3 fully saturated rings. The topological polar surface area (TPSA) is 128 Å². The second kappa shape index (κ2) is 14.4. The van der Waals surface area contributed by atoms with E-state index in [-0.39, 0.29) is 32.0 Å². The summed E-state index contributed by atoms with van der Waals surface area (Å²) in [5.41, 5.74) is 3.69. The molecule has 3 atom stereocenters. The SMILES string of the molecule is CCOC(=O)CNC(=O)NCc1ccc(C2OC(CN3CCC4(CC3)OCCO4)CC(c3ccc(CO)cc3)O2)cc1. The minimum Gasteiger partial charge on any atom is -0.465 e. The van der Waals surface area contributed by atoms with E-state index in [9.17, 15) is 14.7 Å². The lowest BCUT2D eigenvalue weighted by molar-refractivity contribution is -0.255. The number of hydrogen-bond acceptors (Lipinski definition) is 9. The highest BCUT2D eigenvalue weighted by Crippen LogP contribution is 2.39. The number of rotatable bonds is 10. The summed E-state index contributed by atoms with van der Waals surface area (Å²) in [7, 11) is 0. The molecule has 2 amide bonds. The summed E-state index contributed by atoms with van der Waals surface area (Å²) in [4.78, 5) is 25.9. The van der Waals surface area contributed by atoms with Gasteiger partial charge in [-0.3, -0.25) is 4.79 Å². The minimum absolute atomic E-state index is 0.00168. The molecule has 0 saturated carbocycles. The molecule has 0 aromatic heterocycles. The van der Waals surface area contributed by atoms with Gasteiger partial charge in [0, 0.05) is 51.0 Å². The molecule has 0 radical (unpaired) electrons. The Morgan fingerprint density at radius 3 is 2.29 bits per heavy atom. The second-order valence-electron chi connectivity index (χ2n) is 10.8. The summed E-state index contributed by atoms with van der Waals surface area (Å²) in [5.74, 6) is -0.892. The van der Waals surface area contributed by atoms with Crippen molar-refractivity contribution in [3.8, 4) is 0 Å². The van der Waals surface area contributed by atoms with Crippen LogP contribution in [-0.4, -0.2) is 79.9 Å². The van der Waals surface area contributed by atoms with E-state index in [0.717, 1.165) is 54.7 Å². The maximum Gasteiger partial charge on any atom is 0.325 e. The van der Waals surface area contributed by atoms with Gasteiger partial charge in [-0.2, -0.15) is 0 Å². The van der Waals surface area contributed by atoms with Gasteiger partial charge < -0.3 is 44.3 Å². The van der Waals surface area contributed by atoms with Crippen molar-refractivity contribution in [2.45, 2.75) is 63.6 Å². The number of carbonyl (C=O) groups is 2. The molecule has 3 N–H and O–H groups in total. The molecule has 0 aliphatic carbocycles. The van der Waals surface area contributed by atoms with E-state index >= 15 is 0 Å². The van der Waals surface area contributed by atoms with E-state index in [1.54, 1.807) is 6.92 Å². The predicted molar refractivity (Wildman–Crippen MR) is 152 cm³/mol. The fourth-order valence-electron chi connectivity index (χ4n) is 5.58. The van der Waals surface area contributed by atoms with Gasteiger partial charge in [0.25, 0.3) is 0 Å². The first-order valence-corrected chi connectivity index (χ1v) is 14.7. The van der Waals surface area contributed by atoms with E-state index < -0.39 is 24.1 Å². The Hall–Kier alpha value is -3.06. The predicted octanol–water partition coefficient (Wildman–Crippen LogP) is 2.93. The first-order chi connectivity index (χ1) is 20.4. The number of amides is 2. The normalized spacial score (nSPS) is 23.9. The van der Waals surface area contributed by atoms with E-state index in [2.05, 4.69) is 15.5 Å². The van der Waals surface area contributed by atoms with Gasteiger partial charge in [0.05, 0.1) is 38.6 Å². The number of aliphatic hydroxyl groups excluding tert-OH is 1. The molecule has 42 heavy (non-hydrogen) atoms. The smallest absolute Gasteiger partial charge is 0.325 e. The first-order valence-electron chi connectivity index (χ1n) is 14.7. The number of nitrogens with one attached hydrogen (secondary N) is 2. The number of ether oxygens (including phenoxy) is 5. The number of benzene rings is 2. The van der Waals surface area contributed by atoms with Crippen molar-refractivity contribution in [3.05, 3.63) is 70.8 Å². The van der Waals surface area contributed by atoms with Crippen LogP contribution in [0.2, 0.25) is 0 Å². The van der Waals surface area contributed by atoms with Crippen molar-refractivity contribution in [1.29, 1.82) is 0 Å². The van der Waals surface area contributed by atoms with Crippen molar-refractivity contribution >= 4 is 12.0 Å². The van der Waals surface area contributed by atoms with Crippen LogP contribution >= 0.6 is 0 Å². The number of aliphatic hydroxyl groups is 1. The Labute approximate surface area is 246 Å². The van der Waals surface area contributed by atoms with Gasteiger partial charge >= 0.3 is 12.0 Å². The molecule has 2 aromatic carbocycles. The zero-order valence-corrected chi connectivity index (χ0v) is 24.1. The lowest BCUT2D eigenvalue weighted by atomic mass is 9.98. The Morgan fingerprint density at radius 2 is 1.62 bits per heavy atom. The maximum atomic E-state index is 12.0. The molecule has 3 heterocycles. The van der Waals surface area contributed by atoms with Crippen molar-refractivity contribution in [2.75, 3.05) is 46.0 Å². The van der Waals surface area contributed by atoms with Crippen LogP contribution in [0.4, 0.5) is 4.79 Å². The third-order valence-electron chi connectivity index (χ3n) is 7.91. The molecule has 3 aliphatic heterocycles. The zero-order chi connectivity index (χ0) is 29.4. The van der Waals surface area contributed by atoms with Crippen LogP contribution < -0.4 is 10.6 Å². The molecular formula is C31H41N3O8. The Bertz CT molecular complexity index is 1160. The monoisotopic (exact) mass is 583 g/mol. The van der Waals surface area contributed by atoms with Gasteiger partial charge in [-0.05, 0) is 23.6 Å². The lowest BCUT2D eigenvalue weighted by Gasteiger charge is -2.41. The average Bonchev–Trinajstić information content (AvgIpc) is 3.48. The number of hydrogen-bond donors (Lipinski definition) is 3. The Kier molecular flexibility index (Phi) is 10.4. The van der Waals surface area contributed by atoms with Gasteiger partial charge in [0.2, 0.25) is 0 Å². The number of likely N-dealkylation sites (tertiary alicyclic amines) is 1. The molecule has 5 rings (SSSR count). The van der Waals surface area contributed by atoms with E-state index in [0.29, 0.717) is 26.2 Å². The van der Waals surface area contributed by atoms with Crippen LogP contribution in [0.25, 0.3) is 0 Å². The van der Waals surface area contributed by atoms with Crippen molar-refractivity contribution in [1.82, 2.24) is 15.5 Å².